The monoisotopic (exact) mass is 348 g/mol. The molecule has 0 bridgehead atoms. The molecule has 4 rings (SSSR count). The van der Waals surface area contributed by atoms with Gasteiger partial charge in [0.1, 0.15) is 11.1 Å². The van der Waals surface area contributed by atoms with E-state index in [1.54, 1.807) is 12.1 Å². The van der Waals surface area contributed by atoms with Crippen LogP contribution in [0.25, 0.3) is 22.4 Å². The normalized spacial score (nSPS) is 15.5. The van der Waals surface area contributed by atoms with E-state index in [2.05, 4.69) is 19.9 Å². The van der Waals surface area contributed by atoms with Gasteiger partial charge in [0.05, 0.1) is 17.3 Å². The van der Waals surface area contributed by atoms with E-state index in [1.807, 2.05) is 10.6 Å². The molecule has 3 aromatic rings. The lowest BCUT2D eigenvalue weighted by Crippen LogP contribution is -2.27. The highest BCUT2D eigenvalue weighted by Crippen LogP contribution is 2.42. The minimum atomic E-state index is -1.23. The number of carboxylic acid groups (broad SMARTS) is 1. The number of furan rings is 1. The average molecular weight is 348 g/mol. The molecule has 2 aromatic heterocycles. The second-order valence-corrected chi connectivity index (χ2v) is 6.90. The summed E-state index contributed by atoms with van der Waals surface area (Å²) in [7, 11) is 0. The Morgan fingerprint density at radius 1 is 1.38 bits per heavy atom. The summed E-state index contributed by atoms with van der Waals surface area (Å²) in [4.78, 5) is 23.6. The van der Waals surface area contributed by atoms with Crippen molar-refractivity contribution in [3.63, 3.8) is 0 Å². The minimum Gasteiger partial charge on any atom is -0.477 e. The van der Waals surface area contributed by atoms with Gasteiger partial charge in [-0.1, -0.05) is 13.8 Å². The molecule has 0 amide bonds. The Balaban J connectivity index is 2.05. The predicted molar refractivity (Wildman–Crippen MR) is 95.2 cm³/mol. The molecule has 1 N–H and O–H groups in total. The molecule has 1 aromatic carbocycles. The number of nitrogens with zero attached hydrogens (tertiary/aromatic N) is 2. The van der Waals surface area contributed by atoms with Crippen molar-refractivity contribution in [1.29, 1.82) is 5.26 Å². The van der Waals surface area contributed by atoms with Gasteiger partial charge in [-0.3, -0.25) is 4.79 Å². The highest BCUT2D eigenvalue weighted by Gasteiger charge is 2.31. The summed E-state index contributed by atoms with van der Waals surface area (Å²) in [5, 5.41) is 19.3. The zero-order chi connectivity index (χ0) is 18.6. The molecule has 130 valence electrons. The minimum absolute atomic E-state index is 0.00708. The van der Waals surface area contributed by atoms with Crippen LogP contribution in [0.5, 0.6) is 0 Å². The Labute approximate surface area is 148 Å². The second kappa shape index (κ2) is 5.60. The number of rotatable bonds is 2. The fourth-order valence-electron chi connectivity index (χ4n) is 3.66. The average Bonchev–Trinajstić information content (AvgIpc) is 2.97. The third-order valence-corrected chi connectivity index (χ3v) is 5.00. The van der Waals surface area contributed by atoms with E-state index in [0.29, 0.717) is 29.0 Å². The van der Waals surface area contributed by atoms with E-state index in [4.69, 9.17) is 9.68 Å². The highest BCUT2D eigenvalue weighted by molar-refractivity contribution is 5.90. The number of hydrogen-bond donors (Lipinski definition) is 1. The van der Waals surface area contributed by atoms with Crippen LogP contribution >= 0.6 is 0 Å². The highest BCUT2D eigenvalue weighted by atomic mass is 16.4. The summed E-state index contributed by atoms with van der Waals surface area (Å²) >= 11 is 0. The molecule has 6 nitrogen and oxygen atoms in total. The van der Waals surface area contributed by atoms with Crippen LogP contribution in [0.4, 0.5) is 0 Å². The van der Waals surface area contributed by atoms with Crippen molar-refractivity contribution in [3.8, 4) is 17.5 Å². The van der Waals surface area contributed by atoms with Crippen LogP contribution in [0.3, 0.4) is 0 Å². The number of aromatic carboxylic acids is 1. The van der Waals surface area contributed by atoms with Gasteiger partial charge >= 0.3 is 5.97 Å². The molecule has 0 saturated carbocycles. The zero-order valence-corrected chi connectivity index (χ0v) is 14.3. The Hall–Kier alpha value is -3.33. The topological polar surface area (TPSA) is 96.2 Å². The van der Waals surface area contributed by atoms with Gasteiger partial charge < -0.3 is 14.1 Å². The fraction of sp³-hybridized carbons (Fsp3) is 0.250. The molecule has 1 unspecified atom stereocenters. The van der Waals surface area contributed by atoms with E-state index in [1.165, 1.54) is 12.3 Å². The lowest BCUT2D eigenvalue weighted by Gasteiger charge is -2.31. The van der Waals surface area contributed by atoms with E-state index >= 15 is 0 Å². The van der Waals surface area contributed by atoms with Crippen molar-refractivity contribution in [3.05, 3.63) is 57.4 Å². The first kappa shape index (κ1) is 16.2. The van der Waals surface area contributed by atoms with Gasteiger partial charge in [0.15, 0.2) is 11.2 Å². The maximum absolute atomic E-state index is 12.3. The Bertz CT molecular complexity index is 1160. The van der Waals surface area contributed by atoms with Crippen LogP contribution < -0.4 is 5.43 Å². The van der Waals surface area contributed by atoms with Crippen LogP contribution in [0.1, 0.15) is 41.4 Å². The lowest BCUT2D eigenvalue weighted by atomic mass is 9.89. The largest absolute Gasteiger partial charge is 0.477 e. The summed E-state index contributed by atoms with van der Waals surface area (Å²) in [6, 6.07) is 8.74. The van der Waals surface area contributed by atoms with Crippen molar-refractivity contribution < 1.29 is 14.3 Å². The van der Waals surface area contributed by atoms with Gasteiger partial charge in [-0.05, 0) is 30.5 Å². The number of carboxylic acids is 1. The van der Waals surface area contributed by atoms with Crippen LogP contribution in [-0.2, 0) is 6.42 Å². The predicted octanol–water partition coefficient (Wildman–Crippen LogP) is 3.58. The van der Waals surface area contributed by atoms with Crippen LogP contribution in [0.15, 0.2) is 39.7 Å². The van der Waals surface area contributed by atoms with Crippen molar-refractivity contribution in [2.24, 2.45) is 5.92 Å². The molecule has 0 fully saturated rings. The molecular formula is C20H16N2O4. The molecular weight excluding hydrogens is 332 g/mol. The smallest absolute Gasteiger partial charge is 0.341 e. The molecule has 1 aliphatic heterocycles. The van der Waals surface area contributed by atoms with Crippen LogP contribution in [-0.4, -0.2) is 15.6 Å². The van der Waals surface area contributed by atoms with Crippen LogP contribution in [0, 0.1) is 17.2 Å². The van der Waals surface area contributed by atoms with Gasteiger partial charge in [-0.25, -0.2) is 4.79 Å². The third-order valence-electron chi connectivity index (χ3n) is 5.00. The molecule has 3 heterocycles. The van der Waals surface area contributed by atoms with Gasteiger partial charge in [0.2, 0.25) is 0 Å². The molecule has 1 atom stereocenters. The van der Waals surface area contributed by atoms with E-state index in [-0.39, 0.29) is 17.5 Å². The number of carbonyl (C=O) groups is 1. The van der Waals surface area contributed by atoms with Gasteiger partial charge in [-0.15, -0.1) is 0 Å². The van der Waals surface area contributed by atoms with Gasteiger partial charge in [0, 0.05) is 29.3 Å². The second-order valence-electron chi connectivity index (χ2n) is 6.90. The van der Waals surface area contributed by atoms with E-state index < -0.39 is 11.4 Å². The molecule has 26 heavy (non-hydrogen) atoms. The van der Waals surface area contributed by atoms with Crippen LogP contribution in [0.2, 0.25) is 0 Å². The number of pyridine rings is 1. The van der Waals surface area contributed by atoms with Crippen molar-refractivity contribution in [2.75, 3.05) is 0 Å². The molecule has 0 spiro atoms. The van der Waals surface area contributed by atoms with Gasteiger partial charge in [-0.2, -0.15) is 5.26 Å². The number of hydrogen-bond acceptors (Lipinski definition) is 4. The quantitative estimate of drug-likeness (QED) is 0.763. The Morgan fingerprint density at radius 2 is 2.15 bits per heavy atom. The molecule has 1 aliphatic rings. The maximum Gasteiger partial charge on any atom is 0.341 e. The third kappa shape index (κ3) is 2.25. The van der Waals surface area contributed by atoms with Crippen molar-refractivity contribution >= 4 is 16.9 Å². The maximum atomic E-state index is 12.3. The first-order chi connectivity index (χ1) is 12.4. The number of nitriles is 1. The molecule has 0 radical (unpaired) electrons. The van der Waals surface area contributed by atoms with E-state index in [0.717, 1.165) is 10.9 Å². The standard InChI is InChI=1S/C20H16N2O4/c1-10(2)15-6-13-12-4-3-11(8-21)5-18(12)26-19(13)16-7-17(23)14(20(24)25)9-22(15)16/h3-5,7,9-10,15H,6H2,1-2H3,(H,24,25). The number of fused-ring (bicyclic) bond motifs is 5. The summed E-state index contributed by atoms with van der Waals surface area (Å²) < 4.78 is 7.82. The summed E-state index contributed by atoms with van der Waals surface area (Å²) in [5.41, 5.74) is 1.88. The number of benzene rings is 1. The summed E-state index contributed by atoms with van der Waals surface area (Å²) in [5.74, 6) is -0.433. The fourth-order valence-corrected chi connectivity index (χ4v) is 3.66. The van der Waals surface area contributed by atoms with E-state index in [9.17, 15) is 14.7 Å². The first-order valence-electron chi connectivity index (χ1n) is 8.36. The molecule has 0 aliphatic carbocycles. The van der Waals surface area contributed by atoms with Crippen molar-refractivity contribution in [2.45, 2.75) is 26.3 Å². The summed E-state index contributed by atoms with van der Waals surface area (Å²) in [6.45, 7) is 4.13. The molecule has 0 saturated heterocycles. The summed E-state index contributed by atoms with van der Waals surface area (Å²) in [6.07, 6.45) is 2.09. The zero-order valence-electron chi connectivity index (χ0n) is 14.3. The Kier molecular flexibility index (Phi) is 3.48. The Morgan fingerprint density at radius 3 is 2.81 bits per heavy atom. The van der Waals surface area contributed by atoms with Crippen molar-refractivity contribution in [1.82, 2.24) is 4.57 Å². The lowest BCUT2D eigenvalue weighted by molar-refractivity contribution is 0.0694. The van der Waals surface area contributed by atoms with Gasteiger partial charge in [0.25, 0.3) is 0 Å². The SMILES string of the molecule is CC(C)C1Cc2c(oc3cc(C#N)ccc23)-c2cc(=O)c(C(=O)O)cn21. The molecule has 6 heteroatoms. The first-order valence-corrected chi connectivity index (χ1v) is 8.36. The number of aromatic nitrogens is 1.